The number of hydrogen-bond acceptors (Lipinski definition) is 5. The van der Waals surface area contributed by atoms with Gasteiger partial charge in [0.15, 0.2) is 0 Å². The summed E-state index contributed by atoms with van der Waals surface area (Å²) in [6.07, 6.45) is 3.80. The van der Waals surface area contributed by atoms with Gasteiger partial charge in [0.2, 0.25) is 11.8 Å². The minimum absolute atomic E-state index is 0.0962. The highest BCUT2D eigenvalue weighted by atomic mass is 35.5. The summed E-state index contributed by atoms with van der Waals surface area (Å²) in [5, 5.41) is 5.34. The molecule has 2 saturated heterocycles. The first-order valence-corrected chi connectivity index (χ1v) is 16.1. The first-order valence-electron chi connectivity index (χ1n) is 14.3. The van der Waals surface area contributed by atoms with E-state index < -0.39 is 10.8 Å². The summed E-state index contributed by atoms with van der Waals surface area (Å²) >= 11 is 14.3. The van der Waals surface area contributed by atoms with Crippen molar-refractivity contribution in [1.29, 1.82) is 0 Å². The Kier molecular flexibility index (Phi) is 9.87. The van der Waals surface area contributed by atoms with Gasteiger partial charge in [-0.1, -0.05) is 49.2 Å². The standard InChI is InChI=1S/C31H38Cl2N4O3S/c1-21(2)9-16-41-31(30(39)34-10-4-11-36-12-14-40-15-13-36)19-28(38)37(24-6-3-5-22(32)17-24)29(31)26-20-35-27-18-23(33)7-8-25(26)27/h3,5-8,17-18,20-21,29,35H,4,9-16,19H2,1-2H3,(H,34,39). The molecule has 2 fully saturated rings. The molecule has 41 heavy (non-hydrogen) atoms. The molecule has 0 saturated carbocycles. The number of thioether (sulfide) groups is 1. The Labute approximate surface area is 256 Å². The third kappa shape index (κ3) is 6.73. The quantitative estimate of drug-likeness (QED) is 0.247. The summed E-state index contributed by atoms with van der Waals surface area (Å²) in [5.41, 5.74) is 2.44. The van der Waals surface area contributed by atoms with Crippen LogP contribution in [0.1, 0.15) is 44.7 Å². The van der Waals surface area contributed by atoms with Gasteiger partial charge in [-0.25, -0.2) is 0 Å². The first kappa shape index (κ1) is 30.2. The zero-order valence-corrected chi connectivity index (χ0v) is 26.0. The predicted octanol–water partition coefficient (Wildman–Crippen LogP) is 6.31. The number of benzene rings is 2. The Morgan fingerprint density at radius 2 is 1.95 bits per heavy atom. The zero-order valence-electron chi connectivity index (χ0n) is 23.6. The molecule has 7 nitrogen and oxygen atoms in total. The molecule has 2 aliphatic rings. The van der Waals surface area contributed by atoms with E-state index in [9.17, 15) is 9.59 Å². The smallest absolute Gasteiger partial charge is 0.239 e. The second-order valence-electron chi connectivity index (χ2n) is 11.2. The van der Waals surface area contributed by atoms with E-state index in [-0.39, 0.29) is 18.2 Å². The summed E-state index contributed by atoms with van der Waals surface area (Å²) in [6, 6.07) is 12.5. The molecular weight excluding hydrogens is 579 g/mol. The monoisotopic (exact) mass is 616 g/mol. The summed E-state index contributed by atoms with van der Waals surface area (Å²) < 4.78 is 4.43. The molecule has 3 aromatic rings. The van der Waals surface area contributed by atoms with E-state index >= 15 is 0 Å². The van der Waals surface area contributed by atoms with E-state index in [1.165, 1.54) is 0 Å². The van der Waals surface area contributed by atoms with Crippen molar-refractivity contribution in [2.75, 3.05) is 50.0 Å². The van der Waals surface area contributed by atoms with Crippen LogP contribution in [0.2, 0.25) is 10.0 Å². The third-order valence-corrected chi connectivity index (χ3v) is 9.90. The van der Waals surface area contributed by atoms with Gasteiger partial charge in [-0.3, -0.25) is 14.5 Å². The molecule has 0 bridgehead atoms. The van der Waals surface area contributed by atoms with Crippen LogP contribution in [0.25, 0.3) is 10.9 Å². The van der Waals surface area contributed by atoms with Gasteiger partial charge in [-0.15, -0.1) is 11.8 Å². The molecule has 2 atom stereocenters. The normalized spacial score (nSPS) is 21.7. The Morgan fingerprint density at radius 3 is 2.71 bits per heavy atom. The minimum atomic E-state index is -1.03. The molecule has 3 heterocycles. The number of aromatic nitrogens is 1. The maximum Gasteiger partial charge on any atom is 0.239 e. The molecule has 1 aromatic heterocycles. The second-order valence-corrected chi connectivity index (χ2v) is 13.5. The number of fused-ring (bicyclic) bond motifs is 1. The molecule has 0 radical (unpaired) electrons. The van der Waals surface area contributed by atoms with Gasteiger partial charge in [0.25, 0.3) is 0 Å². The van der Waals surface area contributed by atoms with Crippen LogP contribution in [0.3, 0.4) is 0 Å². The number of nitrogens with one attached hydrogen (secondary N) is 2. The molecule has 2 aromatic carbocycles. The number of nitrogens with zero attached hydrogens (tertiary/aromatic N) is 2. The van der Waals surface area contributed by atoms with Crippen LogP contribution >= 0.6 is 35.0 Å². The van der Waals surface area contributed by atoms with Gasteiger partial charge < -0.3 is 19.9 Å². The fourth-order valence-electron chi connectivity index (χ4n) is 5.77. The first-order chi connectivity index (χ1) is 19.8. The van der Waals surface area contributed by atoms with Crippen molar-refractivity contribution >= 4 is 63.4 Å². The van der Waals surface area contributed by atoms with Crippen molar-refractivity contribution in [3.8, 4) is 0 Å². The molecule has 10 heteroatoms. The van der Waals surface area contributed by atoms with Crippen LogP contribution in [0.4, 0.5) is 5.69 Å². The number of H-pyrrole nitrogens is 1. The fourth-order valence-corrected chi connectivity index (χ4v) is 7.90. The van der Waals surface area contributed by atoms with E-state index in [4.69, 9.17) is 27.9 Å². The van der Waals surface area contributed by atoms with Crippen LogP contribution in [-0.2, 0) is 14.3 Å². The van der Waals surface area contributed by atoms with Crippen molar-refractivity contribution in [2.45, 2.75) is 43.9 Å². The lowest BCUT2D eigenvalue weighted by Gasteiger charge is -2.36. The van der Waals surface area contributed by atoms with Gasteiger partial charge in [0.05, 0.1) is 25.7 Å². The predicted molar refractivity (Wildman–Crippen MR) is 169 cm³/mol. The Hall–Kier alpha value is -2.23. The largest absolute Gasteiger partial charge is 0.379 e. The zero-order chi connectivity index (χ0) is 29.0. The van der Waals surface area contributed by atoms with E-state index in [0.29, 0.717) is 28.2 Å². The average Bonchev–Trinajstić information content (AvgIpc) is 3.49. The molecule has 0 spiro atoms. The average molecular weight is 618 g/mol. The van der Waals surface area contributed by atoms with Gasteiger partial charge in [0.1, 0.15) is 4.75 Å². The Balaban J connectivity index is 1.52. The number of carbonyl (C=O) groups is 2. The number of anilines is 1. The molecular formula is C31H38Cl2N4O3S. The number of hydrogen-bond donors (Lipinski definition) is 2. The van der Waals surface area contributed by atoms with Gasteiger partial charge in [-0.05, 0) is 61.4 Å². The van der Waals surface area contributed by atoms with Crippen LogP contribution in [0.15, 0.2) is 48.7 Å². The highest BCUT2D eigenvalue weighted by Crippen LogP contribution is 2.53. The lowest BCUT2D eigenvalue weighted by atomic mass is 9.91. The van der Waals surface area contributed by atoms with E-state index in [0.717, 1.165) is 67.9 Å². The maximum absolute atomic E-state index is 14.4. The molecule has 2 N–H and O–H groups in total. The number of halogens is 2. The SMILES string of the molecule is CC(C)CCSC1(C(=O)NCCCN2CCOCC2)CC(=O)N(c2cccc(Cl)c2)C1c1c[nH]c2cc(Cl)ccc12. The van der Waals surface area contributed by atoms with Crippen molar-refractivity contribution in [2.24, 2.45) is 5.92 Å². The summed E-state index contributed by atoms with van der Waals surface area (Å²) in [5.74, 6) is 1.05. The van der Waals surface area contributed by atoms with Gasteiger partial charge >= 0.3 is 0 Å². The summed E-state index contributed by atoms with van der Waals surface area (Å²) in [4.78, 5) is 35.8. The lowest BCUT2D eigenvalue weighted by Crippen LogP contribution is -2.49. The third-order valence-electron chi connectivity index (χ3n) is 7.92. The van der Waals surface area contributed by atoms with Crippen molar-refractivity contribution in [1.82, 2.24) is 15.2 Å². The van der Waals surface area contributed by atoms with Crippen LogP contribution in [0, 0.1) is 5.92 Å². The summed E-state index contributed by atoms with van der Waals surface area (Å²) in [7, 11) is 0. The number of rotatable bonds is 11. The van der Waals surface area contributed by atoms with Crippen LogP contribution in [-0.4, -0.2) is 71.6 Å². The second kappa shape index (κ2) is 13.4. The van der Waals surface area contributed by atoms with Crippen molar-refractivity contribution in [3.05, 3.63) is 64.3 Å². The molecule has 0 aliphatic carbocycles. The number of carbonyl (C=O) groups excluding carboxylic acids is 2. The number of morpholine rings is 1. The fraction of sp³-hybridized carbons (Fsp3) is 0.484. The van der Waals surface area contributed by atoms with Crippen LogP contribution in [0.5, 0.6) is 0 Å². The number of aromatic amines is 1. The molecule has 5 rings (SSSR count). The highest BCUT2D eigenvalue weighted by Gasteiger charge is 2.58. The summed E-state index contributed by atoms with van der Waals surface area (Å²) in [6.45, 7) is 9.14. The molecule has 2 amide bonds. The van der Waals surface area contributed by atoms with E-state index in [1.54, 1.807) is 28.8 Å². The molecule has 2 unspecified atom stereocenters. The maximum atomic E-state index is 14.4. The minimum Gasteiger partial charge on any atom is -0.379 e. The van der Waals surface area contributed by atoms with Crippen molar-refractivity contribution in [3.63, 3.8) is 0 Å². The molecule has 2 aliphatic heterocycles. The van der Waals surface area contributed by atoms with Crippen molar-refractivity contribution < 1.29 is 14.3 Å². The van der Waals surface area contributed by atoms with E-state index in [2.05, 4.69) is 29.0 Å². The Bertz CT molecular complexity index is 1380. The topological polar surface area (TPSA) is 77.7 Å². The molecule has 220 valence electrons. The number of ether oxygens (including phenoxy) is 1. The highest BCUT2D eigenvalue weighted by molar-refractivity contribution is 8.01. The van der Waals surface area contributed by atoms with E-state index in [1.807, 2.05) is 36.5 Å². The van der Waals surface area contributed by atoms with Crippen LogP contribution < -0.4 is 10.2 Å². The lowest BCUT2D eigenvalue weighted by molar-refractivity contribution is -0.125. The Morgan fingerprint density at radius 1 is 1.17 bits per heavy atom. The van der Waals surface area contributed by atoms with Gasteiger partial charge in [-0.2, -0.15) is 0 Å². The van der Waals surface area contributed by atoms with Gasteiger partial charge in [0, 0.05) is 58.0 Å². The number of amides is 2.